The average molecular weight is 460 g/mol. The predicted octanol–water partition coefficient (Wildman–Crippen LogP) is 3.46. The number of rotatable bonds is 4. The fourth-order valence-electron chi connectivity index (χ4n) is 5.12. The largest absolute Gasteiger partial charge is 0.373 e. The van der Waals surface area contributed by atoms with Gasteiger partial charge in [0, 0.05) is 48.1 Å². The van der Waals surface area contributed by atoms with Crippen LogP contribution in [-0.2, 0) is 21.8 Å². The van der Waals surface area contributed by atoms with Crippen LogP contribution >= 0.6 is 0 Å². The van der Waals surface area contributed by atoms with Gasteiger partial charge < -0.3 is 4.74 Å². The van der Waals surface area contributed by atoms with Gasteiger partial charge in [-0.25, -0.2) is 17.4 Å². The number of aryl methyl sites for hydroxylation is 1. The van der Waals surface area contributed by atoms with E-state index in [1.165, 1.54) is 3.97 Å². The molecule has 1 aromatic carbocycles. The van der Waals surface area contributed by atoms with Crippen molar-refractivity contribution in [3.63, 3.8) is 0 Å². The Labute approximate surface area is 191 Å². The minimum Gasteiger partial charge on any atom is -0.373 e. The second kappa shape index (κ2) is 7.27. The summed E-state index contributed by atoms with van der Waals surface area (Å²) in [6, 6.07) is 12.7. The third-order valence-corrected chi connectivity index (χ3v) is 8.43. The smallest absolute Gasteiger partial charge is 0.269 e. The molecule has 3 unspecified atom stereocenters. The van der Waals surface area contributed by atoms with Gasteiger partial charge in [-0.1, -0.05) is 18.2 Å². The lowest BCUT2D eigenvalue weighted by atomic mass is 9.79. The van der Waals surface area contributed by atoms with E-state index >= 15 is 0 Å². The monoisotopic (exact) mass is 459 g/mol. The third kappa shape index (κ3) is 3.09. The number of nitriles is 1. The molecular weight excluding hydrogens is 438 g/mol. The number of fused-ring (bicyclic) bond motifs is 3. The molecule has 0 radical (unpaired) electrons. The van der Waals surface area contributed by atoms with Gasteiger partial charge in [-0.15, -0.1) is 0 Å². The Kier molecular flexibility index (Phi) is 4.44. The van der Waals surface area contributed by atoms with E-state index < -0.39 is 10.0 Å². The topological polar surface area (TPSA) is 103 Å². The highest BCUT2D eigenvalue weighted by molar-refractivity contribution is 7.90. The van der Waals surface area contributed by atoms with Crippen LogP contribution in [0.2, 0.25) is 0 Å². The molecule has 2 saturated heterocycles. The van der Waals surface area contributed by atoms with E-state index in [2.05, 4.69) is 16.2 Å². The van der Waals surface area contributed by atoms with Crippen LogP contribution in [-0.4, -0.2) is 39.4 Å². The van der Waals surface area contributed by atoms with Crippen LogP contribution in [0.4, 0.5) is 0 Å². The van der Waals surface area contributed by atoms with Crippen molar-refractivity contribution in [3.05, 3.63) is 66.7 Å². The lowest BCUT2D eigenvalue weighted by Gasteiger charge is -2.21. The Balaban J connectivity index is 1.51. The lowest BCUT2D eigenvalue weighted by molar-refractivity contribution is 0.0951. The Morgan fingerprint density at radius 3 is 2.61 bits per heavy atom. The predicted molar refractivity (Wildman–Crippen MR) is 121 cm³/mol. The van der Waals surface area contributed by atoms with Gasteiger partial charge >= 0.3 is 0 Å². The molecule has 5 heterocycles. The van der Waals surface area contributed by atoms with E-state index in [4.69, 9.17) is 4.74 Å². The first-order chi connectivity index (χ1) is 16.0. The van der Waals surface area contributed by atoms with Crippen molar-refractivity contribution >= 4 is 21.1 Å². The van der Waals surface area contributed by atoms with Crippen molar-refractivity contribution < 1.29 is 13.2 Å². The van der Waals surface area contributed by atoms with Gasteiger partial charge in [0.15, 0.2) is 5.65 Å². The average Bonchev–Trinajstić information content (AvgIpc) is 3.61. The molecule has 9 heteroatoms. The van der Waals surface area contributed by atoms with E-state index in [1.807, 2.05) is 19.3 Å². The van der Waals surface area contributed by atoms with Gasteiger partial charge in [-0.3, -0.25) is 4.68 Å². The van der Waals surface area contributed by atoms with E-state index in [1.54, 1.807) is 53.6 Å². The SMILES string of the molecule is Cn1cc(-c2cn(S(=O)(=O)c3ccccc3)c3ncc([C@@H]4CC5OC4CC5C#N)cc23)cn1. The Morgan fingerprint density at radius 2 is 1.94 bits per heavy atom. The maximum absolute atomic E-state index is 13.5. The maximum Gasteiger partial charge on any atom is 0.269 e. The number of hydrogen-bond acceptors (Lipinski definition) is 6. The van der Waals surface area contributed by atoms with Crippen molar-refractivity contribution in [1.29, 1.82) is 5.26 Å². The highest BCUT2D eigenvalue weighted by atomic mass is 32.2. The van der Waals surface area contributed by atoms with E-state index in [0.29, 0.717) is 5.65 Å². The molecule has 8 nitrogen and oxygen atoms in total. The number of aromatic nitrogens is 4. The van der Waals surface area contributed by atoms with Gasteiger partial charge in [0.1, 0.15) is 0 Å². The molecule has 0 aliphatic carbocycles. The highest BCUT2D eigenvalue weighted by Gasteiger charge is 2.48. The molecule has 6 rings (SSSR count). The zero-order valence-electron chi connectivity index (χ0n) is 17.9. The van der Waals surface area contributed by atoms with Crippen LogP contribution in [0.25, 0.3) is 22.2 Å². The molecule has 0 N–H and O–H groups in total. The number of benzene rings is 1. The highest BCUT2D eigenvalue weighted by Crippen LogP contribution is 2.48. The van der Waals surface area contributed by atoms with Crippen LogP contribution in [0.1, 0.15) is 24.3 Å². The summed E-state index contributed by atoms with van der Waals surface area (Å²) < 4.78 is 35.9. The molecule has 2 bridgehead atoms. The number of nitrogens with zero attached hydrogens (tertiary/aromatic N) is 5. The summed E-state index contributed by atoms with van der Waals surface area (Å²) in [6.07, 6.45) is 8.42. The van der Waals surface area contributed by atoms with Crippen molar-refractivity contribution in [2.24, 2.45) is 13.0 Å². The molecule has 2 aliphatic rings. The fraction of sp³-hybridized carbons (Fsp3) is 0.292. The first kappa shape index (κ1) is 20.1. The van der Waals surface area contributed by atoms with Crippen LogP contribution in [0.5, 0.6) is 0 Å². The molecule has 0 saturated carbocycles. The first-order valence-corrected chi connectivity index (χ1v) is 12.3. The molecule has 33 heavy (non-hydrogen) atoms. The maximum atomic E-state index is 13.5. The van der Waals surface area contributed by atoms with Gasteiger partial charge in [0.05, 0.1) is 35.3 Å². The van der Waals surface area contributed by atoms with Gasteiger partial charge in [-0.2, -0.15) is 10.4 Å². The molecule has 0 spiro atoms. The molecule has 4 atom stereocenters. The quantitative estimate of drug-likeness (QED) is 0.463. The van der Waals surface area contributed by atoms with Crippen molar-refractivity contribution in [3.8, 4) is 17.2 Å². The number of ether oxygens (including phenoxy) is 1. The van der Waals surface area contributed by atoms with Gasteiger partial charge in [-0.05, 0) is 36.6 Å². The second-order valence-electron chi connectivity index (χ2n) is 8.73. The Morgan fingerprint density at radius 1 is 1.12 bits per heavy atom. The zero-order chi connectivity index (χ0) is 22.7. The second-order valence-corrected chi connectivity index (χ2v) is 10.5. The van der Waals surface area contributed by atoms with E-state index in [0.717, 1.165) is 34.9 Å². The van der Waals surface area contributed by atoms with Crippen molar-refractivity contribution in [1.82, 2.24) is 18.7 Å². The van der Waals surface area contributed by atoms with Crippen LogP contribution in [0.15, 0.2) is 66.1 Å². The van der Waals surface area contributed by atoms with Crippen molar-refractivity contribution in [2.45, 2.75) is 35.9 Å². The molecule has 4 aromatic rings. The van der Waals surface area contributed by atoms with Crippen LogP contribution in [0, 0.1) is 17.2 Å². The standard InChI is InChI=1S/C24H21N5O3S/c1-28-13-17(12-27-28)21-14-29(33(30,31)18-5-3-2-4-6-18)24-20(21)7-16(11-26-24)19-9-22-15(10-25)8-23(19)32-22/h2-7,11-15,19,22-23H,8-9H2,1H3/t15?,19-,22?,23?/m0/s1. The molecule has 3 aromatic heterocycles. The van der Waals surface area contributed by atoms with E-state index in [9.17, 15) is 13.7 Å². The minimum atomic E-state index is -3.83. The summed E-state index contributed by atoms with van der Waals surface area (Å²) in [4.78, 5) is 4.83. The van der Waals surface area contributed by atoms with Crippen LogP contribution in [0.3, 0.4) is 0 Å². The first-order valence-electron chi connectivity index (χ1n) is 10.8. The summed E-state index contributed by atoms with van der Waals surface area (Å²) in [5, 5.41) is 14.3. The van der Waals surface area contributed by atoms with Gasteiger partial charge in [0.2, 0.25) is 0 Å². The van der Waals surface area contributed by atoms with E-state index in [-0.39, 0.29) is 28.9 Å². The lowest BCUT2D eigenvalue weighted by Crippen LogP contribution is -2.21. The number of hydrogen-bond donors (Lipinski definition) is 0. The van der Waals surface area contributed by atoms with Crippen molar-refractivity contribution in [2.75, 3.05) is 0 Å². The summed E-state index contributed by atoms with van der Waals surface area (Å²) in [6.45, 7) is 0. The molecule has 2 fully saturated rings. The van der Waals surface area contributed by atoms with Gasteiger partial charge in [0.25, 0.3) is 10.0 Å². The summed E-state index contributed by atoms with van der Waals surface area (Å²) in [5.41, 5.74) is 2.95. The Bertz CT molecular complexity index is 1520. The third-order valence-electron chi connectivity index (χ3n) is 6.76. The minimum absolute atomic E-state index is 0.00382. The summed E-state index contributed by atoms with van der Waals surface area (Å²) >= 11 is 0. The summed E-state index contributed by atoms with van der Waals surface area (Å²) in [7, 11) is -2.01. The molecule has 166 valence electrons. The fourth-order valence-corrected chi connectivity index (χ4v) is 6.47. The molecule has 0 amide bonds. The number of pyridine rings is 1. The Hall–Kier alpha value is -3.48. The van der Waals surface area contributed by atoms with Crippen LogP contribution < -0.4 is 0 Å². The molecule has 2 aliphatic heterocycles. The normalized spacial score (nSPS) is 24.4. The zero-order valence-corrected chi connectivity index (χ0v) is 18.7. The molecular formula is C24H21N5O3S. The summed E-state index contributed by atoms with van der Waals surface area (Å²) in [5.74, 6) is 0.0957.